The van der Waals surface area contributed by atoms with Gasteiger partial charge in [-0.1, -0.05) is 42.0 Å². The molecular weight excluding hydrogens is 302 g/mol. The Bertz CT molecular complexity index is 696. The molecule has 4 heteroatoms. The zero-order valence-electron chi connectivity index (χ0n) is 14.2. The van der Waals surface area contributed by atoms with Crippen LogP contribution in [-0.4, -0.2) is 37.1 Å². The van der Waals surface area contributed by atoms with Gasteiger partial charge in [0.2, 0.25) is 5.91 Å². The van der Waals surface area contributed by atoms with Gasteiger partial charge in [-0.25, -0.2) is 0 Å². The van der Waals surface area contributed by atoms with E-state index >= 15 is 0 Å². The molecule has 0 fully saturated rings. The van der Waals surface area contributed by atoms with Crippen LogP contribution in [0.2, 0.25) is 0 Å². The van der Waals surface area contributed by atoms with E-state index < -0.39 is 0 Å². The van der Waals surface area contributed by atoms with Crippen molar-refractivity contribution in [2.24, 2.45) is 0 Å². The summed E-state index contributed by atoms with van der Waals surface area (Å²) >= 11 is 0. The number of likely N-dealkylation sites (N-methyl/N-ethyl adjacent to an activating group) is 1. The van der Waals surface area contributed by atoms with Crippen molar-refractivity contribution in [2.75, 3.05) is 20.2 Å². The first-order valence-corrected chi connectivity index (χ1v) is 8.30. The summed E-state index contributed by atoms with van der Waals surface area (Å²) in [5.74, 6) is 1.63. The van der Waals surface area contributed by atoms with Crippen LogP contribution in [0.1, 0.15) is 17.5 Å². The second-order valence-corrected chi connectivity index (χ2v) is 6.26. The molecule has 126 valence electrons. The van der Waals surface area contributed by atoms with Crippen molar-refractivity contribution in [1.29, 1.82) is 0 Å². The Morgan fingerprint density at radius 1 is 1.12 bits per heavy atom. The Morgan fingerprint density at radius 3 is 2.58 bits per heavy atom. The van der Waals surface area contributed by atoms with Gasteiger partial charge in [-0.05, 0) is 31.0 Å². The van der Waals surface area contributed by atoms with Crippen LogP contribution in [0.5, 0.6) is 11.5 Å². The predicted molar refractivity (Wildman–Crippen MR) is 93.5 cm³/mol. The van der Waals surface area contributed by atoms with Gasteiger partial charge in [0.15, 0.2) is 17.6 Å². The highest BCUT2D eigenvalue weighted by Crippen LogP contribution is 2.30. The quantitative estimate of drug-likeness (QED) is 0.847. The number of nitrogens with zero attached hydrogens (tertiary/aromatic N) is 1. The van der Waals surface area contributed by atoms with Crippen molar-refractivity contribution < 1.29 is 14.3 Å². The van der Waals surface area contributed by atoms with Gasteiger partial charge in [-0.2, -0.15) is 0 Å². The average Bonchev–Trinajstić information content (AvgIpc) is 2.61. The topological polar surface area (TPSA) is 38.8 Å². The first kappa shape index (κ1) is 16.4. The largest absolute Gasteiger partial charge is 0.486 e. The summed E-state index contributed by atoms with van der Waals surface area (Å²) in [7, 11) is 1.82. The molecule has 0 N–H and O–H groups in total. The molecule has 2 aromatic carbocycles. The molecule has 1 aliphatic rings. The Balaban J connectivity index is 1.49. The van der Waals surface area contributed by atoms with Crippen molar-refractivity contribution in [1.82, 2.24) is 4.90 Å². The maximum Gasteiger partial charge on any atom is 0.222 e. The highest BCUT2D eigenvalue weighted by Gasteiger charge is 2.23. The molecule has 2 aromatic rings. The Labute approximate surface area is 143 Å². The van der Waals surface area contributed by atoms with Crippen molar-refractivity contribution in [3.8, 4) is 11.5 Å². The van der Waals surface area contributed by atoms with E-state index in [1.54, 1.807) is 4.90 Å². The highest BCUT2D eigenvalue weighted by atomic mass is 16.6. The van der Waals surface area contributed by atoms with Crippen molar-refractivity contribution in [2.45, 2.75) is 25.9 Å². The van der Waals surface area contributed by atoms with E-state index in [1.807, 2.05) is 31.3 Å². The van der Waals surface area contributed by atoms with Crippen LogP contribution in [-0.2, 0) is 11.2 Å². The number of ether oxygens (including phenoxy) is 2. The third-order valence-corrected chi connectivity index (χ3v) is 4.22. The molecule has 1 heterocycles. The minimum atomic E-state index is -0.131. The molecule has 3 rings (SSSR count). The number of hydrogen-bond acceptors (Lipinski definition) is 3. The minimum absolute atomic E-state index is 0.123. The Morgan fingerprint density at radius 2 is 1.83 bits per heavy atom. The number of hydrogen-bond donors (Lipinski definition) is 0. The van der Waals surface area contributed by atoms with Gasteiger partial charge in [-0.15, -0.1) is 0 Å². The lowest BCUT2D eigenvalue weighted by Crippen LogP contribution is -2.41. The number of para-hydroxylation sites is 2. The summed E-state index contributed by atoms with van der Waals surface area (Å²) in [5, 5.41) is 0. The Kier molecular flexibility index (Phi) is 5.04. The van der Waals surface area contributed by atoms with Crippen molar-refractivity contribution >= 4 is 5.91 Å². The number of aryl methyl sites for hydroxylation is 2. The fourth-order valence-electron chi connectivity index (χ4n) is 2.76. The lowest BCUT2D eigenvalue weighted by atomic mass is 10.1. The summed E-state index contributed by atoms with van der Waals surface area (Å²) in [6, 6.07) is 15.9. The number of rotatable bonds is 5. The second-order valence-electron chi connectivity index (χ2n) is 6.26. The van der Waals surface area contributed by atoms with E-state index in [4.69, 9.17) is 9.47 Å². The molecule has 1 aliphatic heterocycles. The van der Waals surface area contributed by atoms with E-state index in [0.29, 0.717) is 19.6 Å². The fourth-order valence-corrected chi connectivity index (χ4v) is 2.76. The molecule has 24 heavy (non-hydrogen) atoms. The average molecular weight is 325 g/mol. The standard InChI is InChI=1S/C20H23NO3/c1-15-7-9-16(10-8-15)11-12-20(22)21(2)13-17-14-23-18-5-3-4-6-19(18)24-17/h3-10,17H,11-14H2,1-2H3. The summed E-state index contributed by atoms with van der Waals surface area (Å²) in [4.78, 5) is 14.1. The molecular formula is C20H23NO3. The maximum atomic E-state index is 12.3. The summed E-state index contributed by atoms with van der Waals surface area (Å²) in [6.07, 6.45) is 1.13. The lowest BCUT2D eigenvalue weighted by Gasteiger charge is -2.29. The number of benzene rings is 2. The van der Waals surface area contributed by atoms with Crippen LogP contribution in [0.25, 0.3) is 0 Å². The number of amides is 1. The van der Waals surface area contributed by atoms with Crippen LogP contribution in [0.4, 0.5) is 0 Å². The van der Waals surface area contributed by atoms with Crippen molar-refractivity contribution in [3.63, 3.8) is 0 Å². The first-order chi connectivity index (χ1) is 11.6. The first-order valence-electron chi connectivity index (χ1n) is 8.30. The van der Waals surface area contributed by atoms with Crippen LogP contribution in [0, 0.1) is 6.92 Å². The minimum Gasteiger partial charge on any atom is -0.486 e. The van der Waals surface area contributed by atoms with Gasteiger partial charge < -0.3 is 14.4 Å². The molecule has 0 aliphatic carbocycles. The summed E-state index contributed by atoms with van der Waals surface area (Å²) < 4.78 is 11.6. The molecule has 0 saturated carbocycles. The van der Waals surface area contributed by atoms with Crippen molar-refractivity contribution in [3.05, 3.63) is 59.7 Å². The van der Waals surface area contributed by atoms with Crippen LogP contribution >= 0.6 is 0 Å². The van der Waals surface area contributed by atoms with Gasteiger partial charge >= 0.3 is 0 Å². The van der Waals surface area contributed by atoms with Gasteiger partial charge in [0.25, 0.3) is 0 Å². The summed E-state index contributed by atoms with van der Waals surface area (Å²) in [5.41, 5.74) is 2.42. The van der Waals surface area contributed by atoms with Gasteiger partial charge in [0.05, 0.1) is 6.54 Å². The molecule has 4 nitrogen and oxygen atoms in total. The number of carbonyl (C=O) groups excluding carboxylic acids is 1. The maximum absolute atomic E-state index is 12.3. The Hall–Kier alpha value is -2.49. The van der Waals surface area contributed by atoms with Gasteiger partial charge in [-0.3, -0.25) is 4.79 Å². The molecule has 0 bridgehead atoms. The molecule has 1 unspecified atom stereocenters. The molecule has 0 radical (unpaired) electrons. The van der Waals surface area contributed by atoms with E-state index in [-0.39, 0.29) is 12.0 Å². The van der Waals surface area contributed by atoms with E-state index in [0.717, 1.165) is 17.9 Å². The van der Waals surface area contributed by atoms with Crippen LogP contribution in [0.3, 0.4) is 0 Å². The fraction of sp³-hybridized carbons (Fsp3) is 0.350. The van der Waals surface area contributed by atoms with E-state index in [1.165, 1.54) is 11.1 Å². The molecule has 1 amide bonds. The number of carbonyl (C=O) groups is 1. The zero-order valence-corrected chi connectivity index (χ0v) is 14.2. The SMILES string of the molecule is Cc1ccc(CCC(=O)N(C)CC2COc3ccccc3O2)cc1. The van der Waals surface area contributed by atoms with Crippen LogP contribution in [0.15, 0.2) is 48.5 Å². The third kappa shape index (κ3) is 4.07. The van der Waals surface area contributed by atoms with Gasteiger partial charge in [0, 0.05) is 13.5 Å². The molecule has 0 aromatic heterocycles. The molecule has 0 saturated heterocycles. The normalized spacial score (nSPS) is 15.8. The monoisotopic (exact) mass is 325 g/mol. The predicted octanol–water partition coefficient (Wildman–Crippen LogP) is 3.23. The zero-order chi connectivity index (χ0) is 16.9. The van der Waals surface area contributed by atoms with Gasteiger partial charge in [0.1, 0.15) is 6.61 Å². The lowest BCUT2D eigenvalue weighted by molar-refractivity contribution is -0.131. The van der Waals surface area contributed by atoms with E-state index in [2.05, 4.69) is 31.2 Å². The molecule has 0 spiro atoms. The second kappa shape index (κ2) is 7.39. The smallest absolute Gasteiger partial charge is 0.222 e. The summed E-state index contributed by atoms with van der Waals surface area (Å²) in [6.45, 7) is 3.06. The molecule has 1 atom stereocenters. The van der Waals surface area contributed by atoms with Crippen LogP contribution < -0.4 is 9.47 Å². The van der Waals surface area contributed by atoms with E-state index in [9.17, 15) is 4.79 Å². The highest BCUT2D eigenvalue weighted by molar-refractivity contribution is 5.76. The third-order valence-electron chi connectivity index (χ3n) is 4.22. The number of fused-ring (bicyclic) bond motifs is 1.